The lowest BCUT2D eigenvalue weighted by Gasteiger charge is -2.03. The molecule has 0 aliphatic heterocycles. The Morgan fingerprint density at radius 1 is 1.29 bits per heavy atom. The number of aliphatic imine (C=N–C) groups is 1. The Bertz CT molecular complexity index is 1060. The van der Waals surface area contributed by atoms with Crippen molar-refractivity contribution in [2.45, 2.75) is 13.8 Å². The zero-order valence-electron chi connectivity index (χ0n) is 15.7. The summed E-state index contributed by atoms with van der Waals surface area (Å²) in [6.45, 7) is 3.80. The van der Waals surface area contributed by atoms with Gasteiger partial charge in [-0.3, -0.25) is 9.79 Å². The fourth-order valence-electron chi connectivity index (χ4n) is 2.73. The maximum absolute atomic E-state index is 12.6. The fourth-order valence-corrected chi connectivity index (χ4v) is 4.04. The quantitative estimate of drug-likeness (QED) is 0.450. The van der Waals surface area contributed by atoms with E-state index in [4.69, 9.17) is 16.3 Å². The minimum Gasteiger partial charge on any atom is -0.504 e. The second kappa shape index (κ2) is 8.54. The van der Waals surface area contributed by atoms with Crippen molar-refractivity contribution >= 4 is 34.9 Å². The second-order valence-electron chi connectivity index (χ2n) is 6.22. The van der Waals surface area contributed by atoms with E-state index >= 15 is 0 Å². The van der Waals surface area contributed by atoms with E-state index in [2.05, 4.69) is 9.98 Å². The second-order valence-corrected chi connectivity index (χ2v) is 7.65. The van der Waals surface area contributed by atoms with Gasteiger partial charge in [-0.1, -0.05) is 17.7 Å². The van der Waals surface area contributed by atoms with Gasteiger partial charge in [-0.15, -0.1) is 11.3 Å². The number of aryl methyl sites for hydroxylation is 2. The van der Waals surface area contributed by atoms with Crippen molar-refractivity contribution in [3.63, 3.8) is 0 Å². The number of Topliss-reactive ketones (excluding diaryl/α,β-unsaturated/α-hetero) is 1. The molecule has 3 rings (SSSR count). The number of ketones is 1. The molecule has 5 nitrogen and oxygen atoms in total. The summed E-state index contributed by atoms with van der Waals surface area (Å²) < 4.78 is 5.01. The van der Waals surface area contributed by atoms with Crippen molar-refractivity contribution in [3.8, 4) is 22.1 Å². The van der Waals surface area contributed by atoms with Crippen LogP contribution >= 0.6 is 22.9 Å². The number of aromatic hydroxyl groups is 1. The monoisotopic (exact) mass is 414 g/mol. The normalized spacial score (nSPS) is 11.1. The summed E-state index contributed by atoms with van der Waals surface area (Å²) >= 11 is 7.38. The first-order valence-electron chi connectivity index (χ1n) is 8.53. The van der Waals surface area contributed by atoms with Gasteiger partial charge >= 0.3 is 0 Å². The fraction of sp³-hybridized carbons (Fsp3) is 0.190. The number of phenols is 1. The van der Waals surface area contributed by atoms with Crippen molar-refractivity contribution in [2.75, 3.05) is 13.7 Å². The predicted octanol–water partition coefficient (Wildman–Crippen LogP) is 5.10. The van der Waals surface area contributed by atoms with Gasteiger partial charge in [-0.2, -0.15) is 0 Å². The number of ether oxygens (including phenoxy) is 1. The van der Waals surface area contributed by atoms with Crippen LogP contribution in [0, 0.1) is 13.8 Å². The zero-order valence-corrected chi connectivity index (χ0v) is 17.3. The van der Waals surface area contributed by atoms with Crippen LogP contribution in [-0.2, 0) is 0 Å². The molecule has 0 saturated heterocycles. The number of benzene rings is 2. The van der Waals surface area contributed by atoms with Gasteiger partial charge in [-0.25, -0.2) is 4.98 Å². The number of hydrogen-bond donors (Lipinski definition) is 1. The van der Waals surface area contributed by atoms with E-state index in [1.165, 1.54) is 24.5 Å². The number of aromatic nitrogens is 1. The van der Waals surface area contributed by atoms with Crippen LogP contribution in [0.4, 0.5) is 0 Å². The Kier molecular flexibility index (Phi) is 6.11. The summed E-state index contributed by atoms with van der Waals surface area (Å²) in [4.78, 5) is 21.9. The number of methoxy groups -OCH3 is 1. The van der Waals surface area contributed by atoms with Crippen LogP contribution in [0.1, 0.15) is 26.5 Å². The number of rotatable bonds is 6. The number of halogens is 1. The molecular weight excluding hydrogens is 396 g/mol. The van der Waals surface area contributed by atoms with Crippen LogP contribution in [0.3, 0.4) is 0 Å². The molecule has 0 saturated carbocycles. The molecule has 0 fully saturated rings. The largest absolute Gasteiger partial charge is 0.504 e. The smallest absolute Gasteiger partial charge is 0.196 e. The topological polar surface area (TPSA) is 71.8 Å². The zero-order chi connectivity index (χ0) is 20.3. The van der Waals surface area contributed by atoms with Crippen molar-refractivity contribution in [1.29, 1.82) is 0 Å². The van der Waals surface area contributed by atoms with Crippen LogP contribution in [0.5, 0.6) is 11.5 Å². The summed E-state index contributed by atoms with van der Waals surface area (Å²) in [6.07, 6.45) is 1.55. The molecule has 28 heavy (non-hydrogen) atoms. The SMILES string of the molecule is COc1ccc(C=NCC(=O)c2sc(-c3ccc(Cl)cc3C)nc2C)cc1O. The van der Waals surface area contributed by atoms with E-state index in [1.54, 1.807) is 18.3 Å². The molecule has 0 spiro atoms. The van der Waals surface area contributed by atoms with E-state index in [-0.39, 0.29) is 18.1 Å². The first kappa shape index (κ1) is 20.0. The highest BCUT2D eigenvalue weighted by Gasteiger charge is 2.16. The minimum atomic E-state index is -0.0955. The lowest BCUT2D eigenvalue weighted by atomic mass is 10.1. The van der Waals surface area contributed by atoms with Gasteiger partial charge < -0.3 is 9.84 Å². The van der Waals surface area contributed by atoms with Gasteiger partial charge in [0.25, 0.3) is 0 Å². The average molecular weight is 415 g/mol. The maximum atomic E-state index is 12.6. The van der Waals surface area contributed by atoms with Crippen LogP contribution < -0.4 is 4.74 Å². The lowest BCUT2D eigenvalue weighted by Crippen LogP contribution is -2.03. The van der Waals surface area contributed by atoms with E-state index in [0.717, 1.165) is 16.1 Å². The molecular formula is C21H19ClN2O3S. The highest BCUT2D eigenvalue weighted by molar-refractivity contribution is 7.17. The third-order valence-electron chi connectivity index (χ3n) is 4.15. The van der Waals surface area contributed by atoms with Crippen LogP contribution in [-0.4, -0.2) is 35.7 Å². The molecule has 0 unspecified atom stereocenters. The molecule has 7 heteroatoms. The van der Waals surface area contributed by atoms with Crippen LogP contribution in [0.2, 0.25) is 5.02 Å². The molecule has 1 aromatic heterocycles. The van der Waals surface area contributed by atoms with E-state index in [1.807, 2.05) is 32.0 Å². The maximum Gasteiger partial charge on any atom is 0.196 e. The minimum absolute atomic E-state index is 0.00879. The molecule has 0 radical (unpaired) electrons. The predicted molar refractivity (Wildman–Crippen MR) is 113 cm³/mol. The van der Waals surface area contributed by atoms with Crippen LogP contribution in [0.15, 0.2) is 41.4 Å². The molecule has 0 amide bonds. The summed E-state index contributed by atoms with van der Waals surface area (Å²) in [5.41, 5.74) is 3.35. The Hall–Kier alpha value is -2.70. The Morgan fingerprint density at radius 2 is 2.07 bits per heavy atom. The summed E-state index contributed by atoms with van der Waals surface area (Å²) in [6, 6.07) is 10.5. The average Bonchev–Trinajstić information content (AvgIpc) is 3.03. The van der Waals surface area contributed by atoms with Crippen molar-refractivity contribution in [2.24, 2.45) is 4.99 Å². The van der Waals surface area contributed by atoms with Gasteiger partial charge in [0.15, 0.2) is 17.3 Å². The third-order valence-corrected chi connectivity index (χ3v) is 5.61. The summed E-state index contributed by atoms with van der Waals surface area (Å²) in [5, 5.41) is 11.3. The van der Waals surface area contributed by atoms with E-state index in [0.29, 0.717) is 26.9 Å². The molecule has 144 valence electrons. The van der Waals surface area contributed by atoms with Gasteiger partial charge in [0.2, 0.25) is 0 Å². The van der Waals surface area contributed by atoms with Crippen molar-refractivity contribution < 1.29 is 14.6 Å². The highest BCUT2D eigenvalue weighted by atomic mass is 35.5. The van der Waals surface area contributed by atoms with E-state index < -0.39 is 0 Å². The lowest BCUT2D eigenvalue weighted by molar-refractivity contribution is 0.100. The van der Waals surface area contributed by atoms with Gasteiger partial charge in [0.1, 0.15) is 11.6 Å². The van der Waals surface area contributed by atoms with Crippen LogP contribution in [0.25, 0.3) is 10.6 Å². The van der Waals surface area contributed by atoms with Gasteiger partial charge in [-0.05, 0) is 55.3 Å². The van der Waals surface area contributed by atoms with Crippen molar-refractivity contribution in [3.05, 3.63) is 63.1 Å². The summed E-state index contributed by atoms with van der Waals surface area (Å²) in [5.74, 6) is 0.319. The molecule has 2 aromatic carbocycles. The molecule has 0 atom stereocenters. The molecule has 0 aliphatic carbocycles. The first-order chi connectivity index (χ1) is 13.4. The molecule has 0 bridgehead atoms. The highest BCUT2D eigenvalue weighted by Crippen LogP contribution is 2.32. The summed E-state index contributed by atoms with van der Waals surface area (Å²) in [7, 11) is 1.48. The van der Waals surface area contributed by atoms with Crippen molar-refractivity contribution in [1.82, 2.24) is 4.98 Å². The standard InChI is InChI=1S/C21H19ClN2O3S/c1-12-8-15(22)5-6-16(12)21-24-13(2)20(28-21)18(26)11-23-10-14-4-7-19(27-3)17(25)9-14/h4-10,25H,11H2,1-3H3. The Labute approximate surface area is 172 Å². The van der Waals surface area contributed by atoms with Gasteiger partial charge in [0, 0.05) is 16.8 Å². The number of phenolic OH excluding ortho intramolecular Hbond substituents is 1. The first-order valence-corrected chi connectivity index (χ1v) is 9.72. The number of carbonyl (C=O) groups is 1. The van der Waals surface area contributed by atoms with Gasteiger partial charge in [0.05, 0.1) is 17.7 Å². The Balaban J connectivity index is 1.74. The number of carbonyl (C=O) groups excluding carboxylic acids is 1. The number of nitrogens with zero attached hydrogens (tertiary/aromatic N) is 2. The number of hydrogen-bond acceptors (Lipinski definition) is 6. The number of thiazole rings is 1. The van der Waals surface area contributed by atoms with E-state index in [9.17, 15) is 9.90 Å². The Morgan fingerprint density at radius 3 is 2.75 bits per heavy atom. The molecule has 1 N–H and O–H groups in total. The third kappa shape index (κ3) is 4.40. The molecule has 1 heterocycles. The molecule has 0 aliphatic rings. The molecule has 3 aromatic rings.